The van der Waals surface area contributed by atoms with Gasteiger partial charge in [-0.1, -0.05) is 41.8 Å². The molecule has 2 aromatic rings. The van der Waals surface area contributed by atoms with Crippen LogP contribution in [0.2, 0.25) is 10.0 Å². The van der Waals surface area contributed by atoms with Gasteiger partial charge in [0.15, 0.2) is 0 Å². The van der Waals surface area contributed by atoms with Crippen molar-refractivity contribution in [3.05, 3.63) is 46.1 Å². The molecule has 0 saturated heterocycles. The van der Waals surface area contributed by atoms with Crippen molar-refractivity contribution in [1.82, 2.24) is 9.78 Å². The number of fused-ring (bicyclic) bond motifs is 2. The molecule has 2 aliphatic rings. The quantitative estimate of drug-likeness (QED) is 0.809. The summed E-state index contributed by atoms with van der Waals surface area (Å²) in [5.41, 5.74) is 0.834. The van der Waals surface area contributed by atoms with Gasteiger partial charge < -0.3 is 5.32 Å². The summed E-state index contributed by atoms with van der Waals surface area (Å²) in [5.74, 6) is 0.963. The number of hydrogen-bond donors (Lipinski definition) is 1. The molecule has 2 bridgehead atoms. The fourth-order valence-corrected chi connectivity index (χ4v) is 4.70. The largest absolute Gasteiger partial charge is 0.311 e. The Morgan fingerprint density at radius 3 is 2.67 bits per heavy atom. The number of carbonyl (C=O) groups excluding carboxylic acids is 2. The molecule has 27 heavy (non-hydrogen) atoms. The molecule has 7 heteroatoms. The third kappa shape index (κ3) is 3.76. The van der Waals surface area contributed by atoms with Crippen LogP contribution >= 0.6 is 23.2 Å². The van der Waals surface area contributed by atoms with Crippen molar-refractivity contribution < 1.29 is 9.59 Å². The van der Waals surface area contributed by atoms with Gasteiger partial charge >= 0.3 is 0 Å². The number of amides is 1. The van der Waals surface area contributed by atoms with E-state index in [2.05, 4.69) is 10.4 Å². The fourth-order valence-electron chi connectivity index (χ4n) is 4.32. The van der Waals surface area contributed by atoms with E-state index in [0.717, 1.165) is 24.8 Å². The van der Waals surface area contributed by atoms with Gasteiger partial charge in [0.1, 0.15) is 11.6 Å². The Morgan fingerprint density at radius 2 is 1.93 bits per heavy atom. The number of anilines is 1. The molecule has 2 fully saturated rings. The molecule has 0 spiro atoms. The molecule has 1 heterocycles. The van der Waals surface area contributed by atoms with E-state index in [9.17, 15) is 9.59 Å². The molecule has 0 radical (unpaired) electrons. The molecule has 1 N–H and O–H groups in total. The molecule has 1 aromatic heterocycles. The summed E-state index contributed by atoms with van der Waals surface area (Å²) < 4.78 is 1.70. The van der Waals surface area contributed by atoms with E-state index in [1.54, 1.807) is 23.0 Å². The molecular weight excluding hydrogens is 385 g/mol. The number of carbonyl (C=O) groups is 2. The number of halogens is 2. The van der Waals surface area contributed by atoms with Crippen LogP contribution in [0.4, 0.5) is 5.82 Å². The second-order valence-corrected chi connectivity index (χ2v) is 8.26. The van der Waals surface area contributed by atoms with Gasteiger partial charge in [-0.2, -0.15) is 5.10 Å². The number of aromatic nitrogens is 2. The zero-order chi connectivity index (χ0) is 19.0. The van der Waals surface area contributed by atoms with Crippen LogP contribution in [0.25, 0.3) is 0 Å². The lowest BCUT2D eigenvalue weighted by atomic mass is 9.67. The van der Waals surface area contributed by atoms with Crippen LogP contribution in [0.1, 0.15) is 37.7 Å². The van der Waals surface area contributed by atoms with Gasteiger partial charge in [-0.3, -0.25) is 9.59 Å². The third-order valence-corrected chi connectivity index (χ3v) is 6.60. The number of nitrogens with zero attached hydrogens (tertiary/aromatic N) is 2. The number of rotatable bonds is 4. The van der Waals surface area contributed by atoms with Gasteiger partial charge in [0.25, 0.3) is 0 Å². The van der Waals surface area contributed by atoms with E-state index in [4.69, 9.17) is 23.2 Å². The highest BCUT2D eigenvalue weighted by Crippen LogP contribution is 2.40. The molecule has 4 rings (SSSR count). The molecule has 2 saturated carbocycles. The lowest BCUT2D eigenvalue weighted by molar-refractivity contribution is -0.136. The van der Waals surface area contributed by atoms with E-state index < -0.39 is 0 Å². The molecule has 1 amide bonds. The van der Waals surface area contributed by atoms with Gasteiger partial charge in [0.05, 0.1) is 22.8 Å². The number of nitrogens with one attached hydrogen (secondary N) is 1. The molecule has 2 aliphatic carbocycles. The first-order valence-corrected chi connectivity index (χ1v) is 10.1. The molecular formula is C20H21Cl2N3O2. The Morgan fingerprint density at radius 1 is 1.19 bits per heavy atom. The summed E-state index contributed by atoms with van der Waals surface area (Å²) in [4.78, 5) is 25.1. The summed E-state index contributed by atoms with van der Waals surface area (Å²) in [7, 11) is 0. The van der Waals surface area contributed by atoms with E-state index in [0.29, 0.717) is 41.0 Å². The van der Waals surface area contributed by atoms with Gasteiger partial charge in [-0.15, -0.1) is 0 Å². The first-order valence-electron chi connectivity index (χ1n) is 9.32. The highest BCUT2D eigenvalue weighted by molar-refractivity contribution is 6.42. The van der Waals surface area contributed by atoms with Crippen molar-refractivity contribution in [3.63, 3.8) is 0 Å². The smallest absolute Gasteiger partial charge is 0.228 e. The molecule has 3 atom stereocenters. The molecule has 142 valence electrons. The monoisotopic (exact) mass is 405 g/mol. The maximum atomic E-state index is 12.8. The maximum Gasteiger partial charge on any atom is 0.228 e. The van der Waals surface area contributed by atoms with E-state index >= 15 is 0 Å². The van der Waals surface area contributed by atoms with Crippen LogP contribution in [0.15, 0.2) is 30.5 Å². The maximum absolute atomic E-state index is 12.8. The summed E-state index contributed by atoms with van der Waals surface area (Å²) in [6.45, 7) is 0.413. The van der Waals surface area contributed by atoms with Crippen LogP contribution in [0.5, 0.6) is 0 Å². The minimum absolute atomic E-state index is 0.0293. The van der Waals surface area contributed by atoms with E-state index in [1.165, 1.54) is 0 Å². The Kier molecular flexibility index (Phi) is 5.24. The highest BCUT2D eigenvalue weighted by Gasteiger charge is 2.41. The number of benzene rings is 1. The molecule has 1 aromatic carbocycles. The lowest BCUT2D eigenvalue weighted by Gasteiger charge is -2.36. The summed E-state index contributed by atoms with van der Waals surface area (Å²) in [5, 5.41) is 8.27. The highest BCUT2D eigenvalue weighted by atomic mass is 35.5. The topological polar surface area (TPSA) is 64.0 Å². The third-order valence-electron chi connectivity index (χ3n) is 5.74. The standard InChI is InChI=1S/C20H21Cl2N3O2/c21-16-6-2-5-14(18(16)22)11-25-17(7-8-23-25)24-20(27)15-9-12-3-1-4-13(10-15)19(12)26/h2,5-8,12-13,15H,1,3-4,9-11H2,(H,24,27)/t12-,13+,15?. The van der Waals surface area contributed by atoms with Crippen LogP contribution < -0.4 is 5.32 Å². The summed E-state index contributed by atoms with van der Waals surface area (Å²) in [6, 6.07) is 7.23. The van der Waals surface area contributed by atoms with Gasteiger partial charge in [0, 0.05) is 23.8 Å². The molecule has 1 unspecified atom stereocenters. The second kappa shape index (κ2) is 7.64. The zero-order valence-corrected chi connectivity index (χ0v) is 16.3. The number of Topliss-reactive ketones (excluding diaryl/α,β-unsaturated/α-hetero) is 1. The SMILES string of the molecule is O=C(Nc1ccnn1Cc1cccc(Cl)c1Cl)C1C[C@H]2CCC[C@@H](C1)C2=O. The first-order chi connectivity index (χ1) is 13.0. The summed E-state index contributed by atoms with van der Waals surface area (Å²) in [6.07, 6.45) is 5.91. The summed E-state index contributed by atoms with van der Waals surface area (Å²) >= 11 is 12.3. The number of hydrogen-bond acceptors (Lipinski definition) is 3. The van der Waals surface area contributed by atoms with Crippen molar-refractivity contribution in [1.29, 1.82) is 0 Å². The average molecular weight is 406 g/mol. The minimum atomic E-state index is -0.115. The fraction of sp³-hybridized carbons (Fsp3) is 0.450. The van der Waals surface area contributed by atoms with Crippen molar-refractivity contribution in [3.8, 4) is 0 Å². The normalized spacial score (nSPS) is 24.7. The zero-order valence-electron chi connectivity index (χ0n) is 14.8. The predicted octanol–water partition coefficient (Wildman–Crippen LogP) is 4.57. The Hall–Kier alpha value is -1.85. The Balaban J connectivity index is 1.46. The molecule has 5 nitrogen and oxygen atoms in total. The second-order valence-electron chi connectivity index (χ2n) is 7.47. The Bertz CT molecular complexity index is 864. The predicted molar refractivity (Wildman–Crippen MR) is 105 cm³/mol. The average Bonchev–Trinajstić information content (AvgIpc) is 3.05. The Labute approximate surface area is 168 Å². The first kappa shape index (κ1) is 18.5. The van der Waals surface area contributed by atoms with Gasteiger partial charge in [0.2, 0.25) is 5.91 Å². The lowest BCUT2D eigenvalue weighted by Crippen LogP contribution is -2.40. The van der Waals surface area contributed by atoms with E-state index in [-0.39, 0.29) is 23.7 Å². The number of ketones is 1. The van der Waals surface area contributed by atoms with Crippen molar-refractivity contribution in [2.45, 2.75) is 38.6 Å². The van der Waals surface area contributed by atoms with Crippen LogP contribution in [-0.2, 0) is 16.1 Å². The van der Waals surface area contributed by atoms with Crippen LogP contribution in [-0.4, -0.2) is 21.5 Å². The van der Waals surface area contributed by atoms with Crippen LogP contribution in [0.3, 0.4) is 0 Å². The van der Waals surface area contributed by atoms with Crippen LogP contribution in [0, 0.1) is 17.8 Å². The minimum Gasteiger partial charge on any atom is -0.311 e. The van der Waals surface area contributed by atoms with Crippen molar-refractivity contribution >= 4 is 40.7 Å². The van der Waals surface area contributed by atoms with Crippen molar-refractivity contribution in [2.75, 3.05) is 5.32 Å². The van der Waals surface area contributed by atoms with E-state index in [1.807, 2.05) is 12.1 Å². The van der Waals surface area contributed by atoms with Crippen molar-refractivity contribution in [2.24, 2.45) is 17.8 Å². The van der Waals surface area contributed by atoms with Gasteiger partial charge in [-0.25, -0.2) is 4.68 Å². The van der Waals surface area contributed by atoms with Gasteiger partial charge in [-0.05, 0) is 37.3 Å². The molecule has 0 aliphatic heterocycles.